The first-order valence-electron chi connectivity index (χ1n) is 4.93. The molecule has 5 nitrogen and oxygen atoms in total. The van der Waals surface area contributed by atoms with Crippen LogP contribution in [0, 0.1) is 5.41 Å². The molecule has 0 aliphatic rings. The average molecular weight is 216 g/mol. The van der Waals surface area contributed by atoms with E-state index in [-0.39, 0.29) is 24.4 Å². The van der Waals surface area contributed by atoms with E-state index in [1.165, 1.54) is 0 Å². The number of urea groups is 1. The summed E-state index contributed by atoms with van der Waals surface area (Å²) in [4.78, 5) is 23.2. The van der Waals surface area contributed by atoms with Crippen molar-refractivity contribution in [3.63, 3.8) is 0 Å². The summed E-state index contributed by atoms with van der Waals surface area (Å²) in [5.41, 5.74) is 0.0406. The van der Waals surface area contributed by atoms with Crippen molar-refractivity contribution in [2.24, 2.45) is 5.41 Å². The second-order valence-electron chi connectivity index (χ2n) is 4.79. The molecular formula is C10H20N2O3. The monoisotopic (exact) mass is 216 g/mol. The second-order valence-corrected chi connectivity index (χ2v) is 4.79. The molecule has 0 saturated heterocycles. The normalized spacial score (nSPS) is 10.9. The topological polar surface area (TPSA) is 69.6 Å². The minimum atomic E-state index is -0.909. The van der Waals surface area contributed by atoms with Crippen molar-refractivity contribution in [3.05, 3.63) is 0 Å². The maximum Gasteiger partial charge on any atom is 0.317 e. The number of rotatable bonds is 4. The van der Waals surface area contributed by atoms with Gasteiger partial charge in [0.05, 0.1) is 6.42 Å². The molecule has 0 aliphatic heterocycles. The predicted octanol–water partition coefficient (Wildman–Crippen LogP) is 1.15. The molecule has 0 atom stereocenters. The van der Waals surface area contributed by atoms with Crippen LogP contribution in [0.15, 0.2) is 0 Å². The summed E-state index contributed by atoms with van der Waals surface area (Å²) in [7, 11) is 1.70. The molecule has 0 heterocycles. The van der Waals surface area contributed by atoms with Crippen LogP contribution in [0.25, 0.3) is 0 Å². The van der Waals surface area contributed by atoms with E-state index in [0.29, 0.717) is 6.54 Å². The first kappa shape index (κ1) is 13.7. The third-order valence-corrected chi connectivity index (χ3v) is 1.67. The highest BCUT2D eigenvalue weighted by atomic mass is 16.4. The molecular weight excluding hydrogens is 196 g/mol. The van der Waals surface area contributed by atoms with E-state index in [2.05, 4.69) is 5.32 Å². The van der Waals surface area contributed by atoms with Crippen LogP contribution in [-0.4, -0.2) is 42.1 Å². The van der Waals surface area contributed by atoms with Crippen LogP contribution in [0.1, 0.15) is 27.2 Å². The molecule has 0 fully saturated rings. The molecule has 0 spiro atoms. The molecule has 15 heavy (non-hydrogen) atoms. The molecule has 0 aromatic carbocycles. The first-order valence-corrected chi connectivity index (χ1v) is 4.93. The summed E-state index contributed by atoms with van der Waals surface area (Å²) in [6.45, 7) is 6.91. The Morgan fingerprint density at radius 2 is 1.87 bits per heavy atom. The van der Waals surface area contributed by atoms with E-state index in [1.54, 1.807) is 11.9 Å². The largest absolute Gasteiger partial charge is 0.481 e. The predicted molar refractivity (Wildman–Crippen MR) is 57.7 cm³/mol. The van der Waals surface area contributed by atoms with Crippen LogP contribution in [0.4, 0.5) is 4.79 Å². The van der Waals surface area contributed by atoms with Crippen LogP contribution >= 0.6 is 0 Å². The number of nitrogens with zero attached hydrogens (tertiary/aromatic N) is 1. The van der Waals surface area contributed by atoms with E-state index in [1.807, 2.05) is 20.8 Å². The van der Waals surface area contributed by atoms with Gasteiger partial charge < -0.3 is 15.3 Å². The molecule has 0 unspecified atom stereocenters. The van der Waals surface area contributed by atoms with Gasteiger partial charge in [-0.2, -0.15) is 0 Å². The Morgan fingerprint density at radius 3 is 2.27 bits per heavy atom. The van der Waals surface area contributed by atoms with Crippen LogP contribution in [-0.2, 0) is 4.79 Å². The SMILES string of the molecule is CN(CC(C)(C)C)C(=O)NCCC(=O)O. The molecule has 0 radical (unpaired) electrons. The van der Waals surface area contributed by atoms with Crippen molar-refractivity contribution in [3.8, 4) is 0 Å². The number of aliphatic carboxylic acids is 1. The summed E-state index contributed by atoms with van der Waals surface area (Å²) in [6, 6.07) is -0.230. The molecule has 0 saturated carbocycles. The van der Waals surface area contributed by atoms with Crippen LogP contribution < -0.4 is 5.32 Å². The Hall–Kier alpha value is -1.26. The lowest BCUT2D eigenvalue weighted by atomic mass is 9.96. The number of amides is 2. The fourth-order valence-electron chi connectivity index (χ4n) is 1.19. The fourth-order valence-corrected chi connectivity index (χ4v) is 1.19. The minimum absolute atomic E-state index is 0.0406. The molecule has 0 aromatic heterocycles. The number of hydrogen-bond acceptors (Lipinski definition) is 2. The highest BCUT2D eigenvalue weighted by Crippen LogP contribution is 2.13. The highest BCUT2D eigenvalue weighted by Gasteiger charge is 2.17. The van der Waals surface area contributed by atoms with Crippen molar-refractivity contribution in [1.82, 2.24) is 10.2 Å². The number of carboxylic acids is 1. The smallest absolute Gasteiger partial charge is 0.317 e. The summed E-state index contributed by atoms with van der Waals surface area (Å²) in [6.07, 6.45) is -0.0465. The van der Waals surface area contributed by atoms with Gasteiger partial charge in [0.1, 0.15) is 0 Å². The third kappa shape index (κ3) is 7.78. The molecule has 0 aliphatic carbocycles. The first-order chi connectivity index (χ1) is 6.72. The molecule has 0 bridgehead atoms. The summed E-state index contributed by atoms with van der Waals surface area (Å²) >= 11 is 0. The molecule has 2 amide bonds. The lowest BCUT2D eigenvalue weighted by Crippen LogP contribution is -2.42. The fraction of sp³-hybridized carbons (Fsp3) is 0.800. The average Bonchev–Trinajstić information content (AvgIpc) is 1.99. The van der Waals surface area contributed by atoms with Crippen molar-refractivity contribution < 1.29 is 14.7 Å². The zero-order valence-corrected chi connectivity index (χ0v) is 9.83. The number of carbonyl (C=O) groups excluding carboxylic acids is 1. The van der Waals surface area contributed by atoms with Crippen LogP contribution in [0.5, 0.6) is 0 Å². The third-order valence-electron chi connectivity index (χ3n) is 1.67. The highest BCUT2D eigenvalue weighted by molar-refractivity contribution is 5.75. The lowest BCUT2D eigenvalue weighted by Gasteiger charge is -2.26. The second kappa shape index (κ2) is 5.58. The molecule has 0 rings (SSSR count). The van der Waals surface area contributed by atoms with Crippen LogP contribution in [0.2, 0.25) is 0 Å². The molecule has 0 aromatic rings. The maximum atomic E-state index is 11.4. The number of carboxylic acid groups (broad SMARTS) is 1. The van der Waals surface area contributed by atoms with Crippen LogP contribution in [0.3, 0.4) is 0 Å². The van der Waals surface area contributed by atoms with Gasteiger partial charge >= 0.3 is 12.0 Å². The zero-order chi connectivity index (χ0) is 12.1. The van der Waals surface area contributed by atoms with Gasteiger partial charge in [-0.15, -0.1) is 0 Å². The Balaban J connectivity index is 3.85. The van der Waals surface area contributed by atoms with Crippen molar-refractivity contribution in [1.29, 1.82) is 0 Å². The van der Waals surface area contributed by atoms with Gasteiger partial charge in [-0.1, -0.05) is 20.8 Å². The Kier molecular flexibility index (Phi) is 5.11. The standard InChI is InChI=1S/C10H20N2O3/c1-10(2,3)7-12(4)9(15)11-6-5-8(13)14/h5-7H2,1-4H3,(H,11,15)(H,13,14). The van der Waals surface area contributed by atoms with Crippen molar-refractivity contribution in [2.75, 3.05) is 20.1 Å². The Morgan fingerprint density at radius 1 is 1.33 bits per heavy atom. The van der Waals surface area contributed by atoms with E-state index in [9.17, 15) is 9.59 Å². The maximum absolute atomic E-state index is 11.4. The number of carbonyl (C=O) groups is 2. The van der Waals surface area contributed by atoms with Gasteiger partial charge in [0.15, 0.2) is 0 Å². The van der Waals surface area contributed by atoms with Crippen molar-refractivity contribution >= 4 is 12.0 Å². The summed E-state index contributed by atoms with van der Waals surface area (Å²) < 4.78 is 0. The minimum Gasteiger partial charge on any atom is -0.481 e. The Labute approximate surface area is 90.5 Å². The van der Waals surface area contributed by atoms with Gasteiger partial charge in [-0.05, 0) is 5.41 Å². The van der Waals surface area contributed by atoms with E-state index in [4.69, 9.17) is 5.11 Å². The van der Waals surface area contributed by atoms with Gasteiger partial charge in [-0.3, -0.25) is 4.79 Å². The van der Waals surface area contributed by atoms with Gasteiger partial charge in [0.2, 0.25) is 0 Å². The quantitative estimate of drug-likeness (QED) is 0.740. The van der Waals surface area contributed by atoms with E-state index >= 15 is 0 Å². The van der Waals surface area contributed by atoms with Crippen molar-refractivity contribution in [2.45, 2.75) is 27.2 Å². The molecule has 5 heteroatoms. The van der Waals surface area contributed by atoms with E-state index < -0.39 is 5.97 Å². The number of hydrogen-bond donors (Lipinski definition) is 2. The lowest BCUT2D eigenvalue weighted by molar-refractivity contribution is -0.136. The van der Waals surface area contributed by atoms with Gasteiger partial charge in [0.25, 0.3) is 0 Å². The molecule has 2 N–H and O–H groups in total. The zero-order valence-electron chi connectivity index (χ0n) is 9.83. The van der Waals surface area contributed by atoms with Gasteiger partial charge in [-0.25, -0.2) is 4.79 Å². The van der Waals surface area contributed by atoms with E-state index in [0.717, 1.165) is 0 Å². The van der Waals surface area contributed by atoms with Gasteiger partial charge in [0, 0.05) is 20.1 Å². The summed E-state index contributed by atoms with van der Waals surface area (Å²) in [5, 5.41) is 10.9. The summed E-state index contributed by atoms with van der Waals surface area (Å²) in [5.74, 6) is -0.909. The number of nitrogens with one attached hydrogen (secondary N) is 1. The Bertz CT molecular complexity index is 233. The molecule has 88 valence electrons.